The lowest BCUT2D eigenvalue weighted by atomic mass is 10.3. The van der Waals surface area contributed by atoms with Gasteiger partial charge in [-0.1, -0.05) is 11.6 Å². The number of rotatable bonds is 3. The number of phenolic OH excluding ortho intramolecular Hbond substituents is 1. The Morgan fingerprint density at radius 3 is 2.88 bits per heavy atom. The highest BCUT2D eigenvalue weighted by Gasteiger charge is 2.01. The zero-order chi connectivity index (χ0) is 11.4. The van der Waals surface area contributed by atoms with Crippen LogP contribution in [0.15, 0.2) is 41.7 Å². The molecule has 16 heavy (non-hydrogen) atoms. The van der Waals surface area contributed by atoms with Crippen LogP contribution in [0.25, 0.3) is 0 Å². The molecule has 2 aromatic rings. The molecule has 0 spiro atoms. The highest BCUT2D eigenvalue weighted by molar-refractivity contribution is 8.00. The van der Waals surface area contributed by atoms with E-state index in [4.69, 9.17) is 11.6 Å². The molecule has 0 atom stereocenters. The summed E-state index contributed by atoms with van der Waals surface area (Å²) in [6.07, 6.45) is 3.12. The molecule has 0 aliphatic rings. The van der Waals surface area contributed by atoms with E-state index in [-0.39, 0.29) is 5.75 Å². The molecular formula is C10H8ClN3OS. The van der Waals surface area contributed by atoms with Crippen molar-refractivity contribution in [3.05, 3.63) is 41.8 Å². The molecule has 1 heterocycles. The third-order valence-corrected chi connectivity index (χ3v) is 2.88. The lowest BCUT2D eigenvalue weighted by molar-refractivity contribution is 0.475. The molecule has 82 valence electrons. The average molecular weight is 254 g/mol. The molecule has 2 N–H and O–H groups in total. The van der Waals surface area contributed by atoms with E-state index >= 15 is 0 Å². The van der Waals surface area contributed by atoms with Gasteiger partial charge in [-0.25, -0.2) is 9.97 Å². The summed E-state index contributed by atoms with van der Waals surface area (Å²) in [5, 5.41) is 9.57. The summed E-state index contributed by atoms with van der Waals surface area (Å²) in [7, 11) is 0. The fourth-order valence-electron chi connectivity index (χ4n) is 1.01. The molecule has 0 fully saturated rings. The summed E-state index contributed by atoms with van der Waals surface area (Å²) in [6, 6.07) is 6.75. The number of benzene rings is 1. The van der Waals surface area contributed by atoms with Gasteiger partial charge in [-0.05, 0) is 36.2 Å². The maximum Gasteiger partial charge on any atom is 0.139 e. The normalized spacial score (nSPS) is 10.1. The van der Waals surface area contributed by atoms with Crippen LogP contribution >= 0.6 is 23.5 Å². The predicted octanol–water partition coefficient (Wildman–Crippen LogP) is 2.95. The Morgan fingerprint density at radius 2 is 2.19 bits per heavy atom. The predicted molar refractivity (Wildman–Crippen MR) is 64.6 cm³/mol. The Kier molecular flexibility index (Phi) is 3.48. The molecule has 0 aliphatic heterocycles. The van der Waals surface area contributed by atoms with Crippen LogP contribution in [0.2, 0.25) is 5.02 Å². The first-order valence-electron chi connectivity index (χ1n) is 4.43. The first kappa shape index (κ1) is 11.0. The van der Waals surface area contributed by atoms with Crippen LogP contribution in [0.4, 0.5) is 5.82 Å². The molecule has 1 aromatic carbocycles. The van der Waals surface area contributed by atoms with Gasteiger partial charge in [-0.2, -0.15) is 0 Å². The van der Waals surface area contributed by atoms with Gasteiger partial charge in [0, 0.05) is 11.1 Å². The van der Waals surface area contributed by atoms with Gasteiger partial charge in [-0.15, -0.1) is 0 Å². The first-order chi connectivity index (χ1) is 7.75. The standard InChI is InChI=1S/C10H8ClN3OS/c11-8-5-7(1-2-9(8)15)16-14-10-3-4-12-6-13-10/h1-6,15H,(H,12,13,14). The second kappa shape index (κ2) is 5.05. The number of nitrogens with one attached hydrogen (secondary N) is 1. The fourth-order valence-corrected chi connectivity index (χ4v) is 1.91. The van der Waals surface area contributed by atoms with Crippen molar-refractivity contribution in [2.45, 2.75) is 4.90 Å². The van der Waals surface area contributed by atoms with Crippen molar-refractivity contribution in [2.24, 2.45) is 0 Å². The van der Waals surface area contributed by atoms with E-state index in [0.717, 1.165) is 4.90 Å². The lowest BCUT2D eigenvalue weighted by Gasteiger charge is -2.04. The Bertz CT molecular complexity index is 481. The van der Waals surface area contributed by atoms with Gasteiger partial charge in [0.1, 0.15) is 17.9 Å². The monoisotopic (exact) mass is 253 g/mol. The van der Waals surface area contributed by atoms with Crippen LogP contribution in [0.1, 0.15) is 0 Å². The fraction of sp³-hybridized carbons (Fsp3) is 0. The molecule has 6 heteroatoms. The topological polar surface area (TPSA) is 58.0 Å². The molecule has 0 saturated carbocycles. The number of nitrogens with zero attached hydrogens (tertiary/aromatic N) is 2. The van der Waals surface area contributed by atoms with Crippen LogP contribution < -0.4 is 4.72 Å². The van der Waals surface area contributed by atoms with Crippen molar-refractivity contribution in [3.8, 4) is 5.75 Å². The van der Waals surface area contributed by atoms with Gasteiger partial charge in [0.05, 0.1) is 5.02 Å². The van der Waals surface area contributed by atoms with Gasteiger partial charge in [0.25, 0.3) is 0 Å². The van der Waals surface area contributed by atoms with Gasteiger partial charge in [0.15, 0.2) is 0 Å². The van der Waals surface area contributed by atoms with E-state index in [1.165, 1.54) is 18.3 Å². The van der Waals surface area contributed by atoms with Gasteiger partial charge in [0.2, 0.25) is 0 Å². The molecular weight excluding hydrogens is 246 g/mol. The van der Waals surface area contributed by atoms with Crippen molar-refractivity contribution in [1.29, 1.82) is 0 Å². The minimum Gasteiger partial charge on any atom is -0.506 e. The summed E-state index contributed by atoms with van der Waals surface area (Å²) in [5.41, 5.74) is 0. The number of halogens is 1. The van der Waals surface area contributed by atoms with Crippen LogP contribution in [0.5, 0.6) is 5.75 Å². The molecule has 4 nitrogen and oxygen atoms in total. The summed E-state index contributed by atoms with van der Waals surface area (Å²) >= 11 is 7.14. The molecule has 1 aromatic heterocycles. The van der Waals surface area contributed by atoms with Crippen molar-refractivity contribution in [2.75, 3.05) is 4.72 Å². The summed E-state index contributed by atoms with van der Waals surface area (Å²) in [4.78, 5) is 8.71. The number of hydrogen-bond donors (Lipinski definition) is 2. The van der Waals surface area contributed by atoms with Crippen molar-refractivity contribution < 1.29 is 5.11 Å². The number of anilines is 1. The number of hydrogen-bond acceptors (Lipinski definition) is 5. The second-order valence-electron chi connectivity index (χ2n) is 2.91. The van der Waals surface area contributed by atoms with Crippen molar-refractivity contribution in [3.63, 3.8) is 0 Å². The molecule has 0 saturated heterocycles. The summed E-state index contributed by atoms with van der Waals surface area (Å²) in [5.74, 6) is 0.789. The van der Waals surface area contributed by atoms with E-state index < -0.39 is 0 Å². The SMILES string of the molecule is Oc1ccc(SNc2ccncn2)cc1Cl. The Balaban J connectivity index is 2.03. The zero-order valence-corrected chi connectivity index (χ0v) is 9.66. The Labute approximate surface area is 102 Å². The van der Waals surface area contributed by atoms with Crippen LogP contribution in [0.3, 0.4) is 0 Å². The van der Waals surface area contributed by atoms with E-state index in [9.17, 15) is 5.11 Å². The molecule has 2 rings (SSSR count). The first-order valence-corrected chi connectivity index (χ1v) is 5.62. The highest BCUT2D eigenvalue weighted by atomic mass is 35.5. The highest BCUT2D eigenvalue weighted by Crippen LogP contribution is 2.28. The van der Waals surface area contributed by atoms with Crippen LogP contribution in [0, 0.1) is 0 Å². The maximum atomic E-state index is 9.25. The van der Waals surface area contributed by atoms with Gasteiger partial charge in [-0.3, -0.25) is 0 Å². The molecule has 0 aliphatic carbocycles. The third kappa shape index (κ3) is 2.77. The molecule has 0 amide bonds. The lowest BCUT2D eigenvalue weighted by Crippen LogP contribution is -1.90. The summed E-state index contributed by atoms with van der Waals surface area (Å²) < 4.78 is 3.03. The smallest absolute Gasteiger partial charge is 0.139 e. The molecule has 0 bridgehead atoms. The van der Waals surface area contributed by atoms with Crippen LogP contribution in [-0.4, -0.2) is 15.1 Å². The number of phenols is 1. The van der Waals surface area contributed by atoms with Crippen LogP contribution in [-0.2, 0) is 0 Å². The Hall–Kier alpha value is -1.46. The van der Waals surface area contributed by atoms with Gasteiger partial charge < -0.3 is 9.83 Å². The molecule has 0 unspecified atom stereocenters. The number of aromatic nitrogens is 2. The third-order valence-electron chi connectivity index (χ3n) is 1.77. The summed E-state index contributed by atoms with van der Waals surface area (Å²) in [6.45, 7) is 0. The van der Waals surface area contributed by atoms with Crippen molar-refractivity contribution >= 4 is 29.4 Å². The Morgan fingerprint density at radius 1 is 1.31 bits per heavy atom. The second-order valence-corrected chi connectivity index (χ2v) is 4.20. The molecule has 0 radical (unpaired) electrons. The minimum atomic E-state index is 0.0769. The largest absolute Gasteiger partial charge is 0.506 e. The number of aromatic hydroxyl groups is 1. The zero-order valence-electron chi connectivity index (χ0n) is 8.09. The van der Waals surface area contributed by atoms with E-state index in [1.807, 2.05) is 0 Å². The van der Waals surface area contributed by atoms with E-state index in [1.54, 1.807) is 30.5 Å². The van der Waals surface area contributed by atoms with E-state index in [2.05, 4.69) is 14.7 Å². The van der Waals surface area contributed by atoms with E-state index in [0.29, 0.717) is 10.8 Å². The average Bonchev–Trinajstić information content (AvgIpc) is 2.32. The maximum absolute atomic E-state index is 9.25. The quantitative estimate of drug-likeness (QED) is 0.824. The minimum absolute atomic E-state index is 0.0769. The van der Waals surface area contributed by atoms with Crippen molar-refractivity contribution in [1.82, 2.24) is 9.97 Å². The van der Waals surface area contributed by atoms with Gasteiger partial charge >= 0.3 is 0 Å².